The number of ether oxygens (including phenoxy) is 1. The summed E-state index contributed by atoms with van der Waals surface area (Å²) in [6, 6.07) is 0. The maximum absolute atomic E-state index is 12.8. The van der Waals surface area contributed by atoms with Crippen molar-refractivity contribution < 1.29 is 19.4 Å². The lowest BCUT2D eigenvalue weighted by molar-refractivity contribution is -0.148. The highest BCUT2D eigenvalue weighted by molar-refractivity contribution is 5.75. The molecule has 1 amide bonds. The molecule has 180 valence electrons. The van der Waals surface area contributed by atoms with Crippen LogP contribution in [-0.4, -0.2) is 46.7 Å². The molecule has 5 nitrogen and oxygen atoms in total. The summed E-state index contributed by atoms with van der Waals surface area (Å²) in [5.74, 6) is 1.02. The predicted octanol–water partition coefficient (Wildman–Crippen LogP) is 4.81. The van der Waals surface area contributed by atoms with Crippen molar-refractivity contribution in [3.63, 3.8) is 0 Å². The van der Waals surface area contributed by atoms with E-state index >= 15 is 0 Å². The quantitative estimate of drug-likeness (QED) is 0.451. The molecule has 0 aliphatic heterocycles. The van der Waals surface area contributed by atoms with E-state index in [1.54, 1.807) is 0 Å². The van der Waals surface area contributed by atoms with Gasteiger partial charge in [-0.1, -0.05) is 46.1 Å². The Labute approximate surface area is 195 Å². The summed E-state index contributed by atoms with van der Waals surface area (Å²) in [6.07, 6.45) is 13.6. The highest BCUT2D eigenvalue weighted by atomic mass is 16.5. The van der Waals surface area contributed by atoms with Crippen LogP contribution in [0.15, 0.2) is 11.6 Å². The Hall–Kier alpha value is -1.36. The van der Waals surface area contributed by atoms with E-state index in [4.69, 9.17) is 4.74 Å². The first-order valence-corrected chi connectivity index (χ1v) is 12.8. The third-order valence-electron chi connectivity index (χ3n) is 8.25. The van der Waals surface area contributed by atoms with Gasteiger partial charge in [-0.25, -0.2) is 0 Å². The Bertz CT molecular complexity index is 698. The molecule has 0 heterocycles. The van der Waals surface area contributed by atoms with Crippen molar-refractivity contribution in [2.24, 2.45) is 29.6 Å². The summed E-state index contributed by atoms with van der Waals surface area (Å²) in [6.45, 7) is 11.2. The molecule has 3 rings (SSSR count). The first-order valence-electron chi connectivity index (χ1n) is 12.8. The van der Waals surface area contributed by atoms with Gasteiger partial charge in [-0.05, 0) is 61.9 Å². The first-order chi connectivity index (χ1) is 15.2. The summed E-state index contributed by atoms with van der Waals surface area (Å²) in [5, 5.41) is 11.7. The van der Waals surface area contributed by atoms with Gasteiger partial charge < -0.3 is 14.7 Å². The molecule has 6 atom stereocenters. The Morgan fingerprint density at radius 2 is 1.94 bits per heavy atom. The van der Waals surface area contributed by atoms with Crippen molar-refractivity contribution in [1.29, 1.82) is 0 Å². The maximum Gasteiger partial charge on any atom is 0.303 e. The van der Waals surface area contributed by atoms with E-state index in [1.807, 2.05) is 13.8 Å². The second-order valence-electron chi connectivity index (χ2n) is 10.7. The van der Waals surface area contributed by atoms with E-state index in [1.165, 1.54) is 39.0 Å². The Morgan fingerprint density at radius 3 is 2.56 bits per heavy atom. The van der Waals surface area contributed by atoms with Crippen LogP contribution in [0.4, 0.5) is 0 Å². The van der Waals surface area contributed by atoms with Gasteiger partial charge in [-0.15, -0.1) is 0 Å². The lowest BCUT2D eigenvalue weighted by atomic mass is 9.57. The molecule has 0 aromatic rings. The topological polar surface area (TPSA) is 66.8 Å². The van der Waals surface area contributed by atoms with Crippen LogP contribution in [0.3, 0.4) is 0 Å². The van der Waals surface area contributed by atoms with Crippen LogP contribution in [0.25, 0.3) is 0 Å². The van der Waals surface area contributed by atoms with Gasteiger partial charge in [0.15, 0.2) is 0 Å². The van der Waals surface area contributed by atoms with Crippen LogP contribution in [0.2, 0.25) is 0 Å². The smallest absolute Gasteiger partial charge is 0.303 e. The molecular formula is C27H43NO4. The number of rotatable bonds is 7. The number of fused-ring (bicyclic) bond motifs is 1. The molecule has 2 saturated carbocycles. The molecule has 0 unspecified atom stereocenters. The molecule has 0 saturated heterocycles. The van der Waals surface area contributed by atoms with E-state index in [2.05, 4.69) is 31.2 Å². The lowest BCUT2D eigenvalue weighted by Crippen LogP contribution is -2.57. The van der Waals surface area contributed by atoms with Crippen LogP contribution in [-0.2, 0) is 14.3 Å². The number of aliphatic hydroxyl groups is 1. The molecule has 2 radical (unpaired) electrons. The predicted molar refractivity (Wildman–Crippen MR) is 125 cm³/mol. The van der Waals surface area contributed by atoms with Gasteiger partial charge in [0.25, 0.3) is 0 Å². The van der Waals surface area contributed by atoms with Crippen molar-refractivity contribution in [3.8, 4) is 0 Å². The zero-order valence-corrected chi connectivity index (χ0v) is 20.7. The fraction of sp³-hybridized carbons (Fsp3) is 0.815. The second kappa shape index (κ2) is 10.7. The van der Waals surface area contributed by atoms with Crippen LogP contribution >= 0.6 is 0 Å². The highest BCUT2D eigenvalue weighted by Gasteiger charge is 2.53. The van der Waals surface area contributed by atoms with Gasteiger partial charge in [-0.3, -0.25) is 9.59 Å². The molecule has 0 aromatic heterocycles. The van der Waals surface area contributed by atoms with Crippen molar-refractivity contribution in [1.82, 2.24) is 4.90 Å². The number of esters is 1. The molecule has 1 N–H and O–H groups in total. The summed E-state index contributed by atoms with van der Waals surface area (Å²) >= 11 is 0. The standard InChI is InChI=1S/C27H43NO4/c1-6-26(30)28(17-22-10-8-7-9-11-22)16-19(3)23-13-12-20(4)27(31)15-25(32-21(5)29)18(2)14-24(23)27/h14,19-20,22-25,31H,6-13,16-17H2,1-5H3/t19-,20-,23+,24-,25-,27-/m1/s1. The fourth-order valence-electron chi connectivity index (χ4n) is 6.27. The summed E-state index contributed by atoms with van der Waals surface area (Å²) in [4.78, 5) is 26.5. The van der Waals surface area contributed by atoms with Crippen molar-refractivity contribution >= 4 is 11.9 Å². The van der Waals surface area contributed by atoms with Gasteiger partial charge in [0.2, 0.25) is 5.91 Å². The first kappa shape index (κ1) is 25.3. The van der Waals surface area contributed by atoms with Crippen molar-refractivity contribution in [2.75, 3.05) is 13.1 Å². The minimum Gasteiger partial charge on any atom is -0.457 e. The average Bonchev–Trinajstić information content (AvgIpc) is 2.75. The number of carbonyl (C=O) groups is 2. The fourth-order valence-corrected chi connectivity index (χ4v) is 6.27. The van der Waals surface area contributed by atoms with E-state index in [-0.39, 0.29) is 35.5 Å². The molecule has 0 bridgehead atoms. The average molecular weight is 446 g/mol. The SMILES string of the molecule is CCC(=O)N(CC1CCCCC1)C[C@@H](C)[C@@H]1CC[C@@H](C)[C@]2(O)[C][C@@H](OC(C)=O)C(C)=C[C@H]12. The third kappa shape index (κ3) is 5.58. The van der Waals surface area contributed by atoms with Crippen LogP contribution in [0, 0.1) is 36.0 Å². The third-order valence-corrected chi connectivity index (χ3v) is 8.25. The van der Waals surface area contributed by atoms with Crippen LogP contribution < -0.4 is 0 Å². The number of carbonyl (C=O) groups excluding carboxylic acids is 2. The molecule has 32 heavy (non-hydrogen) atoms. The number of amides is 1. The van der Waals surface area contributed by atoms with Gasteiger partial charge in [0.1, 0.15) is 6.10 Å². The molecule has 0 aromatic carbocycles. The van der Waals surface area contributed by atoms with Gasteiger partial charge >= 0.3 is 5.97 Å². The minimum atomic E-state index is -1.11. The molecule has 3 aliphatic rings. The number of hydrogen-bond acceptors (Lipinski definition) is 4. The van der Waals surface area contributed by atoms with E-state index in [9.17, 15) is 14.7 Å². The van der Waals surface area contributed by atoms with E-state index in [0.29, 0.717) is 12.3 Å². The van der Waals surface area contributed by atoms with Crippen molar-refractivity contribution in [2.45, 2.75) is 97.7 Å². The largest absolute Gasteiger partial charge is 0.457 e. The summed E-state index contributed by atoms with van der Waals surface area (Å²) in [5.41, 5.74) is -0.176. The number of nitrogens with zero attached hydrogens (tertiary/aromatic N) is 1. The zero-order valence-electron chi connectivity index (χ0n) is 20.7. The van der Waals surface area contributed by atoms with Gasteiger partial charge in [0, 0.05) is 32.4 Å². The second-order valence-corrected chi connectivity index (χ2v) is 10.7. The van der Waals surface area contributed by atoms with Gasteiger partial charge in [0.05, 0.1) is 12.0 Å². The summed E-state index contributed by atoms with van der Waals surface area (Å²) in [7, 11) is 0. The molecule has 2 fully saturated rings. The van der Waals surface area contributed by atoms with E-state index in [0.717, 1.165) is 31.5 Å². The molecule has 0 spiro atoms. The Balaban J connectivity index is 1.76. The normalized spacial score (nSPS) is 34.2. The number of hydrogen-bond donors (Lipinski definition) is 1. The monoisotopic (exact) mass is 445 g/mol. The minimum absolute atomic E-state index is 0.0500. The molecule has 3 aliphatic carbocycles. The highest BCUT2D eigenvalue weighted by Crippen LogP contribution is 2.51. The van der Waals surface area contributed by atoms with Crippen LogP contribution in [0.1, 0.15) is 86.0 Å². The van der Waals surface area contributed by atoms with Gasteiger partial charge in [-0.2, -0.15) is 0 Å². The Kier molecular flexibility index (Phi) is 8.46. The molecule has 5 heteroatoms. The zero-order chi connectivity index (χ0) is 23.5. The lowest BCUT2D eigenvalue weighted by Gasteiger charge is -2.52. The van der Waals surface area contributed by atoms with Crippen molar-refractivity contribution in [3.05, 3.63) is 18.1 Å². The Morgan fingerprint density at radius 1 is 1.25 bits per heavy atom. The maximum atomic E-state index is 12.8. The van der Waals surface area contributed by atoms with Crippen LogP contribution in [0.5, 0.6) is 0 Å². The summed E-state index contributed by atoms with van der Waals surface area (Å²) < 4.78 is 5.43. The van der Waals surface area contributed by atoms with E-state index < -0.39 is 11.7 Å². The molecular weight excluding hydrogens is 402 g/mol.